The zero-order chi connectivity index (χ0) is 17.5. The van der Waals surface area contributed by atoms with Crippen LogP contribution in [0.1, 0.15) is 30.0 Å². The van der Waals surface area contributed by atoms with Gasteiger partial charge in [0.15, 0.2) is 0 Å². The van der Waals surface area contributed by atoms with Gasteiger partial charge < -0.3 is 15.2 Å². The molecular weight excluding hydrogens is 315 g/mol. The quantitative estimate of drug-likeness (QED) is 0.878. The minimum absolute atomic E-state index is 0.667. The van der Waals surface area contributed by atoms with Crippen molar-refractivity contribution in [2.75, 3.05) is 26.8 Å². The number of nitrogens with one attached hydrogen (secondary N) is 1. The molecule has 1 saturated heterocycles. The number of methoxy groups -OCH3 is 1. The van der Waals surface area contributed by atoms with Crippen molar-refractivity contribution in [2.24, 2.45) is 0 Å². The second-order valence-corrected chi connectivity index (χ2v) is 5.26. The summed E-state index contributed by atoms with van der Waals surface area (Å²) in [6, 6.07) is 0. The second-order valence-electron chi connectivity index (χ2n) is 5.26. The minimum atomic E-state index is -5.08. The van der Waals surface area contributed by atoms with Gasteiger partial charge >= 0.3 is 12.1 Å². The molecular formula is C14H22F3N3O3. The zero-order valence-corrected chi connectivity index (χ0v) is 13.2. The third-order valence-electron chi connectivity index (χ3n) is 3.55. The Hall–Kier alpha value is -1.61. The molecule has 132 valence electrons. The van der Waals surface area contributed by atoms with E-state index < -0.39 is 12.1 Å². The number of rotatable bonds is 4. The molecule has 0 spiro atoms. The van der Waals surface area contributed by atoms with E-state index in [0.717, 1.165) is 26.2 Å². The minimum Gasteiger partial charge on any atom is -0.475 e. The first kappa shape index (κ1) is 19.4. The maximum Gasteiger partial charge on any atom is 0.490 e. The topological polar surface area (TPSA) is 76.4 Å². The molecule has 2 heterocycles. The second kappa shape index (κ2) is 8.88. The number of carbonyl (C=O) groups is 1. The molecule has 1 aromatic heterocycles. The van der Waals surface area contributed by atoms with Crippen LogP contribution in [0.2, 0.25) is 0 Å². The van der Waals surface area contributed by atoms with Crippen molar-refractivity contribution in [1.82, 2.24) is 15.1 Å². The Balaban J connectivity index is 0.000000322. The van der Waals surface area contributed by atoms with Crippen LogP contribution in [0.4, 0.5) is 13.2 Å². The number of aromatic nitrogens is 2. The lowest BCUT2D eigenvalue weighted by Crippen LogP contribution is -2.28. The van der Waals surface area contributed by atoms with Gasteiger partial charge in [-0.3, -0.25) is 4.68 Å². The largest absolute Gasteiger partial charge is 0.490 e. The molecule has 0 atom stereocenters. The Bertz CT molecular complexity index is 497. The average Bonchev–Trinajstić information content (AvgIpc) is 2.86. The van der Waals surface area contributed by atoms with Crippen LogP contribution in [0.25, 0.3) is 0 Å². The zero-order valence-electron chi connectivity index (χ0n) is 13.2. The highest BCUT2D eigenvalue weighted by molar-refractivity contribution is 5.73. The van der Waals surface area contributed by atoms with E-state index in [4.69, 9.17) is 14.6 Å². The predicted octanol–water partition coefficient (Wildman–Crippen LogP) is 1.94. The first-order chi connectivity index (χ1) is 10.8. The molecule has 1 aliphatic heterocycles. The van der Waals surface area contributed by atoms with Gasteiger partial charge in [-0.1, -0.05) is 0 Å². The van der Waals surface area contributed by atoms with E-state index in [1.165, 1.54) is 24.1 Å². The summed E-state index contributed by atoms with van der Waals surface area (Å²) in [5.41, 5.74) is 2.74. The highest BCUT2D eigenvalue weighted by atomic mass is 19.4. The molecule has 0 saturated carbocycles. The lowest BCUT2D eigenvalue weighted by atomic mass is 9.92. The summed E-state index contributed by atoms with van der Waals surface area (Å²) in [6.07, 6.45) is -0.661. The number of carboxylic acids is 1. The van der Waals surface area contributed by atoms with Crippen molar-refractivity contribution in [2.45, 2.75) is 38.4 Å². The fourth-order valence-electron chi connectivity index (χ4n) is 2.47. The van der Waals surface area contributed by atoms with Crippen LogP contribution in [-0.4, -0.2) is 53.8 Å². The SMILES string of the molecule is COCCn1ncc(C)c1C1CCNCC1.O=C(O)C(F)(F)F. The Morgan fingerprint density at radius 3 is 2.52 bits per heavy atom. The van der Waals surface area contributed by atoms with E-state index in [-0.39, 0.29) is 0 Å². The Morgan fingerprint density at radius 2 is 2.04 bits per heavy atom. The van der Waals surface area contributed by atoms with Gasteiger partial charge in [0, 0.05) is 18.7 Å². The highest BCUT2D eigenvalue weighted by Crippen LogP contribution is 2.27. The van der Waals surface area contributed by atoms with E-state index in [9.17, 15) is 13.2 Å². The Kier molecular flexibility index (Phi) is 7.50. The number of piperidine rings is 1. The number of hydrogen-bond donors (Lipinski definition) is 2. The lowest BCUT2D eigenvalue weighted by Gasteiger charge is -2.24. The molecule has 1 aliphatic rings. The molecule has 0 aromatic carbocycles. The number of aryl methyl sites for hydroxylation is 1. The van der Waals surface area contributed by atoms with E-state index in [0.29, 0.717) is 5.92 Å². The summed E-state index contributed by atoms with van der Waals surface area (Å²) in [7, 11) is 1.74. The van der Waals surface area contributed by atoms with Crippen molar-refractivity contribution in [3.05, 3.63) is 17.5 Å². The molecule has 0 radical (unpaired) electrons. The van der Waals surface area contributed by atoms with Gasteiger partial charge in [-0.05, 0) is 38.4 Å². The van der Waals surface area contributed by atoms with Crippen LogP contribution >= 0.6 is 0 Å². The molecule has 2 N–H and O–H groups in total. The summed E-state index contributed by atoms with van der Waals surface area (Å²) in [5.74, 6) is -2.09. The molecule has 0 aliphatic carbocycles. The third kappa shape index (κ3) is 6.19. The van der Waals surface area contributed by atoms with Gasteiger partial charge in [0.2, 0.25) is 0 Å². The molecule has 1 aromatic rings. The number of hydrogen-bond acceptors (Lipinski definition) is 4. The normalized spacial score (nSPS) is 15.9. The fourth-order valence-corrected chi connectivity index (χ4v) is 2.47. The lowest BCUT2D eigenvalue weighted by molar-refractivity contribution is -0.192. The highest BCUT2D eigenvalue weighted by Gasteiger charge is 2.38. The van der Waals surface area contributed by atoms with Crippen LogP contribution < -0.4 is 5.32 Å². The fraction of sp³-hybridized carbons (Fsp3) is 0.714. The summed E-state index contributed by atoms with van der Waals surface area (Å²) in [4.78, 5) is 8.90. The summed E-state index contributed by atoms with van der Waals surface area (Å²) in [6.45, 7) is 6.01. The maximum absolute atomic E-state index is 10.6. The van der Waals surface area contributed by atoms with Crippen molar-refractivity contribution in [3.8, 4) is 0 Å². The van der Waals surface area contributed by atoms with Crippen molar-refractivity contribution < 1.29 is 27.8 Å². The number of nitrogens with zero attached hydrogens (tertiary/aromatic N) is 2. The number of ether oxygens (including phenoxy) is 1. The van der Waals surface area contributed by atoms with Gasteiger partial charge in [0.25, 0.3) is 0 Å². The van der Waals surface area contributed by atoms with E-state index >= 15 is 0 Å². The van der Waals surface area contributed by atoms with Gasteiger partial charge in [0.05, 0.1) is 19.3 Å². The van der Waals surface area contributed by atoms with Gasteiger partial charge in [-0.2, -0.15) is 18.3 Å². The summed E-state index contributed by atoms with van der Waals surface area (Å²) >= 11 is 0. The number of carboxylic acid groups (broad SMARTS) is 1. The van der Waals surface area contributed by atoms with Crippen LogP contribution in [0.5, 0.6) is 0 Å². The van der Waals surface area contributed by atoms with Gasteiger partial charge in [0.1, 0.15) is 0 Å². The van der Waals surface area contributed by atoms with Crippen LogP contribution in [0, 0.1) is 6.92 Å². The smallest absolute Gasteiger partial charge is 0.475 e. The van der Waals surface area contributed by atoms with Crippen molar-refractivity contribution in [3.63, 3.8) is 0 Å². The summed E-state index contributed by atoms with van der Waals surface area (Å²) < 4.78 is 39.0. The maximum atomic E-state index is 10.6. The van der Waals surface area contributed by atoms with Crippen molar-refractivity contribution in [1.29, 1.82) is 0 Å². The third-order valence-corrected chi connectivity index (χ3v) is 3.55. The average molecular weight is 337 g/mol. The molecule has 6 nitrogen and oxygen atoms in total. The molecule has 23 heavy (non-hydrogen) atoms. The van der Waals surface area contributed by atoms with Gasteiger partial charge in [-0.25, -0.2) is 4.79 Å². The van der Waals surface area contributed by atoms with Gasteiger partial charge in [-0.15, -0.1) is 0 Å². The number of halogens is 3. The molecule has 0 bridgehead atoms. The van der Waals surface area contributed by atoms with E-state index in [1.54, 1.807) is 7.11 Å². The molecule has 0 amide bonds. The Morgan fingerprint density at radius 1 is 1.48 bits per heavy atom. The van der Waals surface area contributed by atoms with E-state index in [1.807, 2.05) is 6.20 Å². The number of alkyl halides is 3. The van der Waals surface area contributed by atoms with Crippen LogP contribution in [0.15, 0.2) is 6.20 Å². The molecule has 0 unspecified atom stereocenters. The predicted molar refractivity (Wildman–Crippen MR) is 77.4 cm³/mol. The molecule has 9 heteroatoms. The molecule has 2 rings (SSSR count). The molecule has 1 fully saturated rings. The van der Waals surface area contributed by atoms with Crippen LogP contribution in [-0.2, 0) is 16.1 Å². The number of aliphatic carboxylic acids is 1. The van der Waals surface area contributed by atoms with E-state index in [2.05, 4.69) is 22.0 Å². The first-order valence-corrected chi connectivity index (χ1v) is 7.29. The summed E-state index contributed by atoms with van der Waals surface area (Å²) in [5, 5.41) is 15.0. The Labute approximate surface area is 132 Å². The monoisotopic (exact) mass is 337 g/mol. The van der Waals surface area contributed by atoms with Crippen molar-refractivity contribution >= 4 is 5.97 Å². The van der Waals surface area contributed by atoms with Crippen LogP contribution in [0.3, 0.4) is 0 Å². The standard InChI is InChI=1S/C12H21N3O.C2HF3O2/c1-10-9-14-15(7-8-16-2)12(10)11-3-5-13-6-4-11;3-2(4,5)1(6)7/h9,11,13H,3-8H2,1-2H3;(H,6,7). The first-order valence-electron chi connectivity index (χ1n) is 7.29.